The zero-order valence-electron chi connectivity index (χ0n) is 12.3. The first-order chi connectivity index (χ1) is 9.99. The number of para-hydroxylation sites is 1. The summed E-state index contributed by atoms with van der Waals surface area (Å²) in [5, 5.41) is 8.97. The van der Waals surface area contributed by atoms with Gasteiger partial charge in [-0.3, -0.25) is 9.59 Å². The molecule has 1 unspecified atom stereocenters. The standard InChI is InChI=1S/C15H18N2O4/c1-4-20-14(18)10-17(3)15(19)11(2)21-13-8-6-5-7-12(13)9-16/h5-8,11H,4,10H2,1-3H3. The Hall–Kier alpha value is -2.55. The maximum absolute atomic E-state index is 12.1. The monoisotopic (exact) mass is 290 g/mol. The Kier molecular flexibility index (Phi) is 6.21. The molecule has 6 nitrogen and oxygen atoms in total. The van der Waals surface area contributed by atoms with Gasteiger partial charge in [0.25, 0.3) is 5.91 Å². The quantitative estimate of drug-likeness (QED) is 0.739. The predicted molar refractivity (Wildman–Crippen MR) is 75.5 cm³/mol. The topological polar surface area (TPSA) is 79.6 Å². The third-order valence-electron chi connectivity index (χ3n) is 2.71. The number of carbonyl (C=O) groups is 2. The highest BCUT2D eigenvalue weighted by atomic mass is 16.5. The first kappa shape index (κ1) is 16.5. The molecule has 1 amide bonds. The van der Waals surface area contributed by atoms with Crippen molar-refractivity contribution in [3.63, 3.8) is 0 Å². The van der Waals surface area contributed by atoms with Crippen molar-refractivity contribution >= 4 is 11.9 Å². The predicted octanol–water partition coefficient (Wildman–Crippen LogP) is 1.35. The summed E-state index contributed by atoms with van der Waals surface area (Å²) in [6.45, 7) is 3.39. The molecule has 112 valence electrons. The fraction of sp³-hybridized carbons (Fsp3) is 0.400. The fourth-order valence-corrected chi connectivity index (χ4v) is 1.69. The SMILES string of the molecule is CCOC(=O)CN(C)C(=O)C(C)Oc1ccccc1C#N. The van der Waals surface area contributed by atoms with E-state index in [2.05, 4.69) is 0 Å². The van der Waals surface area contributed by atoms with Gasteiger partial charge in [-0.15, -0.1) is 0 Å². The van der Waals surface area contributed by atoms with E-state index in [1.807, 2.05) is 6.07 Å². The fourth-order valence-electron chi connectivity index (χ4n) is 1.69. The van der Waals surface area contributed by atoms with Gasteiger partial charge in [-0.05, 0) is 26.0 Å². The highest BCUT2D eigenvalue weighted by molar-refractivity contribution is 5.84. The van der Waals surface area contributed by atoms with Crippen LogP contribution in [0.5, 0.6) is 5.75 Å². The molecular weight excluding hydrogens is 272 g/mol. The number of carbonyl (C=O) groups excluding carboxylic acids is 2. The molecule has 0 spiro atoms. The van der Waals surface area contributed by atoms with Gasteiger partial charge in [0.1, 0.15) is 18.4 Å². The second-order valence-corrected chi connectivity index (χ2v) is 4.37. The lowest BCUT2D eigenvalue weighted by Crippen LogP contribution is -2.41. The molecule has 0 N–H and O–H groups in total. The maximum atomic E-state index is 12.1. The van der Waals surface area contributed by atoms with Crippen molar-refractivity contribution in [1.29, 1.82) is 5.26 Å². The average molecular weight is 290 g/mol. The maximum Gasteiger partial charge on any atom is 0.325 e. The number of amides is 1. The van der Waals surface area contributed by atoms with E-state index >= 15 is 0 Å². The van der Waals surface area contributed by atoms with Crippen LogP contribution in [0.4, 0.5) is 0 Å². The van der Waals surface area contributed by atoms with Crippen LogP contribution < -0.4 is 4.74 Å². The van der Waals surface area contributed by atoms with Crippen molar-refractivity contribution < 1.29 is 19.1 Å². The van der Waals surface area contributed by atoms with Crippen molar-refractivity contribution in [2.45, 2.75) is 20.0 Å². The number of rotatable bonds is 6. The summed E-state index contributed by atoms with van der Waals surface area (Å²) in [6, 6.07) is 8.65. The summed E-state index contributed by atoms with van der Waals surface area (Å²) in [5.41, 5.74) is 0.352. The van der Waals surface area contributed by atoms with E-state index in [-0.39, 0.29) is 19.1 Å². The normalized spacial score (nSPS) is 11.1. The Morgan fingerprint density at radius 2 is 2.05 bits per heavy atom. The molecule has 0 fully saturated rings. The number of hydrogen-bond acceptors (Lipinski definition) is 5. The molecule has 0 bridgehead atoms. The molecule has 0 saturated carbocycles. The molecule has 1 aromatic rings. The summed E-state index contributed by atoms with van der Waals surface area (Å²) in [7, 11) is 1.50. The highest BCUT2D eigenvalue weighted by Crippen LogP contribution is 2.18. The summed E-state index contributed by atoms with van der Waals surface area (Å²) in [5.74, 6) is -0.501. The molecule has 0 aromatic heterocycles. The van der Waals surface area contributed by atoms with Crippen LogP contribution in [0.15, 0.2) is 24.3 Å². The van der Waals surface area contributed by atoms with Crippen LogP contribution in [-0.2, 0) is 14.3 Å². The molecular formula is C15H18N2O4. The largest absolute Gasteiger partial charge is 0.480 e. The van der Waals surface area contributed by atoms with Crippen LogP contribution in [0.1, 0.15) is 19.4 Å². The van der Waals surface area contributed by atoms with Crippen molar-refractivity contribution in [3.8, 4) is 11.8 Å². The number of likely N-dealkylation sites (N-methyl/N-ethyl adjacent to an activating group) is 1. The third-order valence-corrected chi connectivity index (χ3v) is 2.71. The molecule has 0 heterocycles. The lowest BCUT2D eigenvalue weighted by molar-refractivity contribution is -0.150. The number of benzene rings is 1. The smallest absolute Gasteiger partial charge is 0.325 e. The minimum Gasteiger partial charge on any atom is -0.480 e. The van der Waals surface area contributed by atoms with Gasteiger partial charge >= 0.3 is 5.97 Å². The number of nitriles is 1. The molecule has 1 atom stereocenters. The Labute approximate surface area is 123 Å². The van der Waals surface area contributed by atoms with Gasteiger partial charge < -0.3 is 14.4 Å². The summed E-state index contributed by atoms with van der Waals surface area (Å²) >= 11 is 0. The van der Waals surface area contributed by atoms with Crippen LogP contribution in [0.25, 0.3) is 0 Å². The molecule has 0 aliphatic heterocycles. The molecule has 1 rings (SSSR count). The minimum atomic E-state index is -0.807. The van der Waals surface area contributed by atoms with Crippen LogP contribution in [0.3, 0.4) is 0 Å². The van der Waals surface area contributed by atoms with E-state index in [4.69, 9.17) is 14.7 Å². The van der Waals surface area contributed by atoms with Crippen molar-refractivity contribution in [1.82, 2.24) is 4.90 Å². The van der Waals surface area contributed by atoms with E-state index < -0.39 is 12.1 Å². The van der Waals surface area contributed by atoms with Gasteiger partial charge in [-0.1, -0.05) is 12.1 Å². The lowest BCUT2D eigenvalue weighted by Gasteiger charge is -2.21. The van der Waals surface area contributed by atoms with Crippen LogP contribution in [-0.4, -0.2) is 43.1 Å². The Morgan fingerprint density at radius 3 is 2.67 bits per heavy atom. The summed E-state index contributed by atoms with van der Waals surface area (Å²) in [4.78, 5) is 24.7. The van der Waals surface area contributed by atoms with Crippen LogP contribution >= 0.6 is 0 Å². The van der Waals surface area contributed by atoms with Gasteiger partial charge in [0.05, 0.1) is 12.2 Å². The summed E-state index contributed by atoms with van der Waals surface area (Å²) in [6.07, 6.45) is -0.807. The molecule has 21 heavy (non-hydrogen) atoms. The molecule has 0 aliphatic rings. The Morgan fingerprint density at radius 1 is 1.38 bits per heavy atom. The number of esters is 1. The zero-order valence-corrected chi connectivity index (χ0v) is 12.3. The highest BCUT2D eigenvalue weighted by Gasteiger charge is 2.22. The van der Waals surface area contributed by atoms with Crippen LogP contribution in [0.2, 0.25) is 0 Å². The molecule has 6 heteroatoms. The van der Waals surface area contributed by atoms with E-state index in [1.165, 1.54) is 11.9 Å². The minimum absolute atomic E-state index is 0.139. The number of ether oxygens (including phenoxy) is 2. The zero-order chi connectivity index (χ0) is 15.8. The first-order valence-corrected chi connectivity index (χ1v) is 6.56. The molecule has 0 aliphatic carbocycles. The van der Waals surface area contributed by atoms with Gasteiger partial charge in [0, 0.05) is 7.05 Å². The number of nitrogens with zero attached hydrogens (tertiary/aromatic N) is 2. The van der Waals surface area contributed by atoms with Crippen LogP contribution in [0, 0.1) is 11.3 Å². The molecule has 0 saturated heterocycles. The van der Waals surface area contributed by atoms with Gasteiger partial charge in [0.2, 0.25) is 0 Å². The first-order valence-electron chi connectivity index (χ1n) is 6.56. The van der Waals surface area contributed by atoms with Gasteiger partial charge in [-0.2, -0.15) is 5.26 Å². The van der Waals surface area contributed by atoms with Crippen molar-refractivity contribution in [3.05, 3.63) is 29.8 Å². The Balaban J connectivity index is 2.66. The van der Waals surface area contributed by atoms with E-state index in [0.29, 0.717) is 11.3 Å². The van der Waals surface area contributed by atoms with Gasteiger partial charge in [-0.25, -0.2) is 0 Å². The second kappa shape index (κ2) is 7.90. The lowest BCUT2D eigenvalue weighted by atomic mass is 10.2. The van der Waals surface area contributed by atoms with Gasteiger partial charge in [0.15, 0.2) is 6.10 Å². The third kappa shape index (κ3) is 4.80. The Bertz CT molecular complexity index is 551. The van der Waals surface area contributed by atoms with E-state index in [9.17, 15) is 9.59 Å². The van der Waals surface area contributed by atoms with Crippen molar-refractivity contribution in [2.75, 3.05) is 20.2 Å². The number of hydrogen-bond donors (Lipinski definition) is 0. The molecule has 0 radical (unpaired) electrons. The average Bonchev–Trinajstić information content (AvgIpc) is 2.47. The molecule has 1 aromatic carbocycles. The second-order valence-electron chi connectivity index (χ2n) is 4.37. The van der Waals surface area contributed by atoms with E-state index in [1.54, 1.807) is 38.1 Å². The van der Waals surface area contributed by atoms with E-state index in [0.717, 1.165) is 0 Å². The van der Waals surface area contributed by atoms with Crippen molar-refractivity contribution in [2.24, 2.45) is 0 Å². The summed E-state index contributed by atoms with van der Waals surface area (Å²) < 4.78 is 10.3.